The van der Waals surface area contributed by atoms with E-state index in [1.54, 1.807) is 18.2 Å². The quantitative estimate of drug-likeness (QED) is 0.457. The van der Waals surface area contributed by atoms with E-state index in [0.29, 0.717) is 23.2 Å². The molecule has 0 spiro atoms. The molecule has 20 heavy (non-hydrogen) atoms. The molecule has 0 amide bonds. The summed E-state index contributed by atoms with van der Waals surface area (Å²) in [6, 6.07) is 6.07. The van der Waals surface area contributed by atoms with Gasteiger partial charge in [0, 0.05) is 0 Å². The standard InChI is InChI=1S/C18H20O2/c1-12(2)15-10-7-11-16(13(3)4)17(15)20-18(19)14-8-5-6-9-14/h5-8,10-13H,1-4H3. The Morgan fingerprint density at radius 1 is 1.10 bits per heavy atom. The van der Waals surface area contributed by atoms with Gasteiger partial charge in [-0.25, -0.2) is 4.79 Å². The van der Waals surface area contributed by atoms with E-state index in [0.717, 1.165) is 11.1 Å². The van der Waals surface area contributed by atoms with Gasteiger partial charge in [-0.1, -0.05) is 52.0 Å². The number of para-hydroxylation sites is 1. The fourth-order valence-corrected chi connectivity index (χ4v) is 2.21. The first-order valence-corrected chi connectivity index (χ1v) is 6.99. The molecule has 0 aromatic heterocycles. The molecule has 0 N–H and O–H groups in total. The lowest BCUT2D eigenvalue weighted by Gasteiger charge is -2.18. The van der Waals surface area contributed by atoms with Crippen LogP contribution in [-0.4, -0.2) is 5.97 Å². The molecule has 1 aliphatic carbocycles. The Balaban J connectivity index is 2.40. The van der Waals surface area contributed by atoms with Crippen molar-refractivity contribution in [3.05, 3.63) is 58.9 Å². The number of carbonyl (C=O) groups excluding carboxylic acids is 1. The second kappa shape index (κ2) is 5.94. The van der Waals surface area contributed by atoms with Crippen molar-refractivity contribution in [2.75, 3.05) is 0 Å². The summed E-state index contributed by atoms with van der Waals surface area (Å²) in [6.07, 6.45) is 5.22. The highest BCUT2D eigenvalue weighted by atomic mass is 16.5. The molecule has 1 aromatic rings. The van der Waals surface area contributed by atoms with Crippen LogP contribution in [0.1, 0.15) is 50.7 Å². The summed E-state index contributed by atoms with van der Waals surface area (Å²) in [6.45, 7) is 8.41. The van der Waals surface area contributed by atoms with E-state index in [2.05, 4.69) is 33.4 Å². The number of benzene rings is 1. The maximum absolute atomic E-state index is 12.2. The molecule has 2 heteroatoms. The summed E-state index contributed by atoms with van der Waals surface area (Å²) in [5.41, 5.74) is 5.48. The predicted octanol–water partition coefficient (Wildman–Crippen LogP) is 4.49. The maximum Gasteiger partial charge on any atom is 0.351 e. The van der Waals surface area contributed by atoms with Crippen molar-refractivity contribution in [2.45, 2.75) is 39.5 Å². The summed E-state index contributed by atoms with van der Waals surface area (Å²) in [5, 5.41) is 0. The minimum atomic E-state index is -0.343. The normalized spacial score (nSPS) is 13.2. The van der Waals surface area contributed by atoms with Crippen molar-refractivity contribution in [2.24, 2.45) is 0 Å². The minimum absolute atomic E-state index is 0.306. The van der Waals surface area contributed by atoms with E-state index in [-0.39, 0.29) is 5.97 Å². The van der Waals surface area contributed by atoms with Crippen LogP contribution in [0, 0.1) is 0 Å². The summed E-state index contributed by atoms with van der Waals surface area (Å²) in [5.74, 6) is 0.974. The largest absolute Gasteiger partial charge is 0.422 e. The Hall–Kier alpha value is -2.05. The van der Waals surface area contributed by atoms with Gasteiger partial charge >= 0.3 is 5.97 Å². The van der Waals surface area contributed by atoms with Gasteiger partial charge in [0.1, 0.15) is 11.3 Å². The molecule has 2 rings (SSSR count). The Bertz CT molecular complexity index is 586. The van der Waals surface area contributed by atoms with E-state index in [1.807, 2.05) is 18.2 Å². The molecule has 1 aliphatic rings. The van der Waals surface area contributed by atoms with Crippen molar-refractivity contribution in [3.8, 4) is 5.75 Å². The summed E-state index contributed by atoms with van der Waals surface area (Å²) < 4.78 is 5.67. The molecule has 104 valence electrons. The van der Waals surface area contributed by atoms with Crippen LogP contribution in [0.15, 0.2) is 47.7 Å². The lowest BCUT2D eigenvalue weighted by molar-refractivity contribution is -0.129. The Kier molecular flexibility index (Phi) is 4.26. The van der Waals surface area contributed by atoms with Gasteiger partial charge in [-0.15, -0.1) is 5.73 Å². The molecular formula is C18H20O2. The van der Waals surface area contributed by atoms with E-state index in [9.17, 15) is 4.79 Å². The lowest BCUT2D eigenvalue weighted by Crippen LogP contribution is -2.13. The molecule has 0 unspecified atom stereocenters. The maximum atomic E-state index is 12.2. The summed E-state index contributed by atoms with van der Waals surface area (Å²) in [4.78, 5) is 12.2. The van der Waals surface area contributed by atoms with Gasteiger partial charge < -0.3 is 4.74 Å². The lowest BCUT2D eigenvalue weighted by atomic mass is 9.94. The van der Waals surface area contributed by atoms with Gasteiger partial charge in [-0.3, -0.25) is 0 Å². The van der Waals surface area contributed by atoms with E-state index in [4.69, 9.17) is 4.74 Å². The first kappa shape index (κ1) is 14.4. The van der Waals surface area contributed by atoms with Crippen LogP contribution < -0.4 is 4.74 Å². The van der Waals surface area contributed by atoms with Gasteiger partial charge in [0.25, 0.3) is 0 Å². The number of hydrogen-bond acceptors (Lipinski definition) is 2. The van der Waals surface area contributed by atoms with Crippen LogP contribution in [0.3, 0.4) is 0 Å². The molecule has 0 heterocycles. The number of allylic oxidation sites excluding steroid dienone is 1. The highest BCUT2D eigenvalue weighted by molar-refractivity contribution is 5.94. The monoisotopic (exact) mass is 268 g/mol. The fraction of sp³-hybridized carbons (Fsp3) is 0.333. The van der Waals surface area contributed by atoms with Gasteiger partial charge in [0.2, 0.25) is 0 Å². The number of rotatable bonds is 4. The van der Waals surface area contributed by atoms with Crippen LogP contribution in [0.2, 0.25) is 0 Å². The molecule has 0 saturated carbocycles. The highest BCUT2D eigenvalue weighted by Crippen LogP contribution is 2.35. The molecule has 0 fully saturated rings. The highest BCUT2D eigenvalue weighted by Gasteiger charge is 2.19. The molecular weight excluding hydrogens is 248 g/mol. The second-order valence-electron chi connectivity index (χ2n) is 5.55. The van der Waals surface area contributed by atoms with Crippen molar-refractivity contribution in [1.29, 1.82) is 0 Å². The third-order valence-corrected chi connectivity index (χ3v) is 3.33. The summed E-state index contributed by atoms with van der Waals surface area (Å²) in [7, 11) is 0. The average Bonchev–Trinajstić information content (AvgIpc) is 2.92. The zero-order valence-electron chi connectivity index (χ0n) is 12.4. The first-order valence-electron chi connectivity index (χ1n) is 6.99. The van der Waals surface area contributed by atoms with Crippen LogP contribution in [0.25, 0.3) is 0 Å². The van der Waals surface area contributed by atoms with Crippen molar-refractivity contribution in [3.63, 3.8) is 0 Å². The van der Waals surface area contributed by atoms with Crippen LogP contribution in [0.4, 0.5) is 0 Å². The van der Waals surface area contributed by atoms with E-state index < -0.39 is 0 Å². The van der Waals surface area contributed by atoms with Gasteiger partial charge in [0.15, 0.2) is 0 Å². The minimum Gasteiger partial charge on any atom is -0.422 e. The molecule has 0 atom stereocenters. The first-order chi connectivity index (χ1) is 9.50. The zero-order chi connectivity index (χ0) is 14.7. The molecule has 2 nitrogen and oxygen atoms in total. The smallest absolute Gasteiger partial charge is 0.351 e. The van der Waals surface area contributed by atoms with Crippen molar-refractivity contribution in [1.82, 2.24) is 0 Å². The Morgan fingerprint density at radius 2 is 1.70 bits per heavy atom. The van der Waals surface area contributed by atoms with E-state index in [1.165, 1.54) is 0 Å². The molecule has 0 saturated heterocycles. The van der Waals surface area contributed by atoms with Crippen LogP contribution in [-0.2, 0) is 4.79 Å². The number of carbonyl (C=O) groups is 1. The van der Waals surface area contributed by atoms with Crippen molar-refractivity contribution < 1.29 is 9.53 Å². The fourth-order valence-electron chi connectivity index (χ4n) is 2.21. The second-order valence-corrected chi connectivity index (χ2v) is 5.55. The number of esters is 1. The Morgan fingerprint density at radius 3 is 2.15 bits per heavy atom. The third kappa shape index (κ3) is 2.92. The average molecular weight is 268 g/mol. The van der Waals surface area contributed by atoms with Gasteiger partial charge in [-0.05, 0) is 35.1 Å². The van der Waals surface area contributed by atoms with E-state index >= 15 is 0 Å². The van der Waals surface area contributed by atoms with Gasteiger partial charge in [-0.2, -0.15) is 0 Å². The Labute approximate surface area is 120 Å². The SMILES string of the molecule is CC(C)c1cccc(C(C)C)c1OC(=O)C1=C=CC=C1. The van der Waals surface area contributed by atoms with Crippen LogP contribution in [0.5, 0.6) is 5.75 Å². The predicted molar refractivity (Wildman–Crippen MR) is 81.0 cm³/mol. The topological polar surface area (TPSA) is 26.3 Å². The molecule has 0 radical (unpaired) electrons. The zero-order valence-corrected chi connectivity index (χ0v) is 12.4. The molecule has 1 aromatic carbocycles. The van der Waals surface area contributed by atoms with Gasteiger partial charge in [0.05, 0.1) is 0 Å². The summed E-state index contributed by atoms with van der Waals surface area (Å²) >= 11 is 0. The molecule has 0 aliphatic heterocycles. The van der Waals surface area contributed by atoms with Crippen molar-refractivity contribution >= 4 is 5.97 Å². The van der Waals surface area contributed by atoms with Crippen LogP contribution >= 0.6 is 0 Å². The third-order valence-electron chi connectivity index (χ3n) is 3.33. The number of ether oxygens (including phenoxy) is 1. The molecule has 0 bridgehead atoms. The number of hydrogen-bond donors (Lipinski definition) is 0.